The molecule has 20 heavy (non-hydrogen) atoms. The molecule has 0 saturated heterocycles. The maximum Gasteiger partial charge on any atom is 0.330 e. The smallest absolute Gasteiger partial charge is 0.330 e. The Hall–Kier alpha value is -0.880. The number of aromatic hydroxyl groups is 1. The van der Waals surface area contributed by atoms with Crippen molar-refractivity contribution in [2.45, 2.75) is 26.3 Å². The first kappa shape index (κ1) is 17.2. The Morgan fingerprint density at radius 2 is 2.10 bits per heavy atom. The minimum absolute atomic E-state index is 0.0881. The van der Waals surface area contributed by atoms with E-state index in [9.17, 15) is 9.90 Å². The van der Waals surface area contributed by atoms with Crippen LogP contribution in [0.5, 0.6) is 5.75 Å². The molecule has 1 rings (SSSR count). The molecule has 1 N–H and O–H groups in total. The van der Waals surface area contributed by atoms with Crippen molar-refractivity contribution >= 4 is 44.0 Å². The first-order valence-electron chi connectivity index (χ1n) is 6.14. The van der Waals surface area contributed by atoms with Gasteiger partial charge in [-0.15, -0.1) is 0 Å². The molecule has 1 atom stereocenters. The number of hydrogen-bond acceptors (Lipinski definition) is 4. The highest BCUT2D eigenvalue weighted by atomic mass is 79.9. The number of esters is 1. The lowest BCUT2D eigenvalue weighted by Gasteiger charge is -2.12. The molecule has 0 unspecified atom stereocenters. The van der Waals surface area contributed by atoms with Crippen LogP contribution in [0.15, 0.2) is 26.1 Å². The summed E-state index contributed by atoms with van der Waals surface area (Å²) in [6.45, 7) is 4.03. The molecule has 0 amide bonds. The van der Waals surface area contributed by atoms with Crippen molar-refractivity contribution in [1.29, 1.82) is 0 Å². The Bertz CT molecular complexity index is 515. The van der Waals surface area contributed by atoms with Crippen molar-refractivity contribution in [3.05, 3.63) is 26.6 Å². The van der Waals surface area contributed by atoms with Crippen LogP contribution in [0.3, 0.4) is 0 Å². The minimum atomic E-state index is -0.558. The molecule has 0 aliphatic rings. The third-order valence-corrected chi connectivity index (χ3v) is 3.68. The SMILES string of the molecule is COC(=O)[C@@H](CC(C)C)N=Cc1cc(Br)cc(Br)c1O. The third-order valence-electron chi connectivity index (χ3n) is 2.62. The van der Waals surface area contributed by atoms with E-state index in [0.29, 0.717) is 22.4 Å². The van der Waals surface area contributed by atoms with Crippen molar-refractivity contribution in [3.8, 4) is 5.75 Å². The maximum absolute atomic E-state index is 11.7. The number of phenolic OH excluding ortho intramolecular Hbond substituents is 1. The number of benzene rings is 1. The van der Waals surface area contributed by atoms with E-state index < -0.39 is 6.04 Å². The number of carbonyl (C=O) groups excluding carboxylic acids is 1. The van der Waals surface area contributed by atoms with Crippen molar-refractivity contribution in [3.63, 3.8) is 0 Å². The largest absolute Gasteiger partial charge is 0.506 e. The van der Waals surface area contributed by atoms with Crippen LogP contribution in [0, 0.1) is 5.92 Å². The molecule has 1 aromatic rings. The molecular formula is C14H17Br2NO3. The molecule has 0 heterocycles. The number of carbonyl (C=O) groups is 1. The van der Waals surface area contributed by atoms with Crippen LogP contribution < -0.4 is 0 Å². The highest BCUT2D eigenvalue weighted by Crippen LogP contribution is 2.30. The average molecular weight is 407 g/mol. The second-order valence-corrected chi connectivity index (χ2v) is 6.54. The lowest BCUT2D eigenvalue weighted by atomic mass is 10.0. The Kier molecular flexibility index (Phi) is 6.68. The maximum atomic E-state index is 11.7. The van der Waals surface area contributed by atoms with Crippen LogP contribution in [-0.2, 0) is 9.53 Å². The van der Waals surface area contributed by atoms with Gasteiger partial charge in [-0.3, -0.25) is 4.99 Å². The van der Waals surface area contributed by atoms with Crippen LogP contribution in [0.25, 0.3) is 0 Å². The Balaban J connectivity index is 3.01. The molecule has 0 fully saturated rings. The van der Waals surface area contributed by atoms with Crippen LogP contribution in [0.4, 0.5) is 0 Å². The number of nitrogens with zero attached hydrogens (tertiary/aromatic N) is 1. The lowest BCUT2D eigenvalue weighted by Crippen LogP contribution is -2.22. The van der Waals surface area contributed by atoms with E-state index in [1.165, 1.54) is 13.3 Å². The Morgan fingerprint density at radius 3 is 2.65 bits per heavy atom. The summed E-state index contributed by atoms with van der Waals surface area (Å²) in [6, 6.07) is 2.91. The Labute approximate surface area is 135 Å². The van der Waals surface area contributed by atoms with E-state index in [1.54, 1.807) is 12.1 Å². The predicted molar refractivity (Wildman–Crippen MR) is 86.4 cm³/mol. The van der Waals surface area contributed by atoms with Gasteiger partial charge in [0.25, 0.3) is 0 Å². The summed E-state index contributed by atoms with van der Waals surface area (Å²) in [5.74, 6) is 0.0349. The molecule has 0 saturated carbocycles. The molecule has 0 radical (unpaired) electrons. The molecule has 1 aromatic carbocycles. The monoisotopic (exact) mass is 405 g/mol. The number of rotatable bonds is 5. The van der Waals surface area contributed by atoms with Gasteiger partial charge in [-0.25, -0.2) is 4.79 Å². The van der Waals surface area contributed by atoms with Gasteiger partial charge in [-0.05, 0) is 40.4 Å². The van der Waals surface area contributed by atoms with Gasteiger partial charge in [0.05, 0.1) is 11.6 Å². The number of aliphatic imine (C=N–C) groups is 1. The van der Waals surface area contributed by atoms with E-state index in [2.05, 4.69) is 36.9 Å². The molecule has 110 valence electrons. The van der Waals surface area contributed by atoms with E-state index in [-0.39, 0.29) is 11.7 Å². The van der Waals surface area contributed by atoms with E-state index in [1.807, 2.05) is 13.8 Å². The number of ether oxygens (including phenoxy) is 1. The number of phenols is 1. The number of hydrogen-bond donors (Lipinski definition) is 1. The molecule has 0 aliphatic carbocycles. The highest BCUT2D eigenvalue weighted by Gasteiger charge is 2.19. The van der Waals surface area contributed by atoms with E-state index in [4.69, 9.17) is 4.74 Å². The van der Waals surface area contributed by atoms with Crippen LogP contribution >= 0.6 is 31.9 Å². The van der Waals surface area contributed by atoms with Crippen molar-refractivity contribution in [2.24, 2.45) is 10.9 Å². The van der Waals surface area contributed by atoms with Gasteiger partial charge in [0.2, 0.25) is 0 Å². The van der Waals surface area contributed by atoms with Gasteiger partial charge >= 0.3 is 5.97 Å². The zero-order valence-electron chi connectivity index (χ0n) is 11.6. The van der Waals surface area contributed by atoms with Crippen LogP contribution in [0.2, 0.25) is 0 Å². The van der Waals surface area contributed by atoms with E-state index in [0.717, 1.165) is 4.47 Å². The van der Waals surface area contributed by atoms with Crippen molar-refractivity contribution in [1.82, 2.24) is 0 Å². The third kappa shape index (κ3) is 4.90. The van der Waals surface area contributed by atoms with E-state index >= 15 is 0 Å². The molecule has 0 aromatic heterocycles. The lowest BCUT2D eigenvalue weighted by molar-refractivity contribution is -0.142. The van der Waals surface area contributed by atoms with Crippen LogP contribution in [0.1, 0.15) is 25.8 Å². The minimum Gasteiger partial charge on any atom is -0.506 e. The van der Waals surface area contributed by atoms with Gasteiger partial charge in [-0.1, -0.05) is 29.8 Å². The zero-order chi connectivity index (χ0) is 15.3. The standard InChI is InChI=1S/C14H17Br2NO3/c1-8(2)4-12(14(19)20-3)17-7-9-5-10(15)6-11(16)13(9)18/h5-8,12,18H,4H2,1-3H3/t12-/m1/s1. The second kappa shape index (κ2) is 7.78. The predicted octanol–water partition coefficient (Wildman–Crippen LogP) is 3.92. The quantitative estimate of drug-likeness (QED) is 0.595. The molecule has 0 spiro atoms. The summed E-state index contributed by atoms with van der Waals surface area (Å²) in [5.41, 5.74) is 0.531. The van der Waals surface area contributed by atoms with Gasteiger partial charge < -0.3 is 9.84 Å². The molecular weight excluding hydrogens is 390 g/mol. The Morgan fingerprint density at radius 1 is 1.45 bits per heavy atom. The topological polar surface area (TPSA) is 58.9 Å². The average Bonchev–Trinajstić information content (AvgIpc) is 2.38. The van der Waals surface area contributed by atoms with Gasteiger partial charge in [0.15, 0.2) is 0 Å². The molecule has 0 bridgehead atoms. The fourth-order valence-electron chi connectivity index (χ4n) is 1.66. The summed E-state index contributed by atoms with van der Waals surface area (Å²) in [6.07, 6.45) is 2.09. The van der Waals surface area contributed by atoms with Crippen molar-refractivity contribution in [2.75, 3.05) is 7.11 Å². The summed E-state index contributed by atoms with van der Waals surface area (Å²) in [7, 11) is 1.35. The van der Waals surface area contributed by atoms with Gasteiger partial charge in [0.1, 0.15) is 11.8 Å². The van der Waals surface area contributed by atoms with Gasteiger partial charge in [0, 0.05) is 16.3 Å². The molecule has 6 heteroatoms. The first-order chi connectivity index (χ1) is 9.35. The highest BCUT2D eigenvalue weighted by molar-refractivity contribution is 9.11. The first-order valence-corrected chi connectivity index (χ1v) is 7.72. The summed E-state index contributed by atoms with van der Waals surface area (Å²) >= 11 is 6.60. The molecule has 4 nitrogen and oxygen atoms in total. The van der Waals surface area contributed by atoms with Crippen molar-refractivity contribution < 1.29 is 14.6 Å². The normalized spacial score (nSPS) is 12.9. The zero-order valence-corrected chi connectivity index (χ0v) is 14.7. The van der Waals surface area contributed by atoms with Crippen LogP contribution in [-0.4, -0.2) is 30.4 Å². The summed E-state index contributed by atoms with van der Waals surface area (Å²) in [5, 5.41) is 9.94. The fourth-order valence-corrected chi connectivity index (χ4v) is 2.91. The summed E-state index contributed by atoms with van der Waals surface area (Å²) < 4.78 is 6.12. The number of methoxy groups -OCH3 is 1. The second-order valence-electron chi connectivity index (χ2n) is 4.77. The fraction of sp³-hybridized carbons (Fsp3) is 0.429. The molecule has 0 aliphatic heterocycles. The van der Waals surface area contributed by atoms with Gasteiger partial charge in [-0.2, -0.15) is 0 Å². The number of halogens is 2. The summed E-state index contributed by atoms with van der Waals surface area (Å²) in [4.78, 5) is 15.9.